The Morgan fingerprint density at radius 1 is 0.960 bits per heavy atom. The van der Waals surface area contributed by atoms with Crippen molar-refractivity contribution >= 4 is 11.8 Å². The smallest absolute Gasteiger partial charge is 0.407 e. The molecule has 0 bridgehead atoms. The Morgan fingerprint density at radius 2 is 1.64 bits per heavy atom. The van der Waals surface area contributed by atoms with Crippen molar-refractivity contribution in [3.8, 4) is 0 Å². The summed E-state index contributed by atoms with van der Waals surface area (Å²) >= 11 is 0. The van der Waals surface area contributed by atoms with Gasteiger partial charge >= 0.3 is 6.09 Å². The van der Waals surface area contributed by atoms with Crippen molar-refractivity contribution in [2.24, 2.45) is 0 Å². The molecule has 1 fully saturated rings. The summed E-state index contributed by atoms with van der Waals surface area (Å²) in [5.41, 5.74) is 3.52. The highest BCUT2D eigenvalue weighted by Gasteiger charge is 2.34. The number of nitrogens with zero attached hydrogens (tertiary/aromatic N) is 2. The first-order chi connectivity index (χ1) is 12.0. The number of benzene rings is 2. The second kappa shape index (κ2) is 6.08. The van der Waals surface area contributed by atoms with Gasteiger partial charge < -0.3 is 15.1 Å². The molecule has 2 aromatic carbocycles. The van der Waals surface area contributed by atoms with Crippen LogP contribution in [0.1, 0.15) is 29.5 Å². The fourth-order valence-corrected chi connectivity index (χ4v) is 3.88. The zero-order valence-electron chi connectivity index (χ0n) is 14.1. The highest BCUT2D eigenvalue weighted by molar-refractivity contribution is 5.67. The minimum Gasteiger partial charge on any atom is -0.465 e. The van der Waals surface area contributed by atoms with Crippen LogP contribution in [0.2, 0.25) is 0 Å². The van der Waals surface area contributed by atoms with Crippen molar-refractivity contribution in [1.29, 1.82) is 0 Å². The Kier molecular flexibility index (Phi) is 3.88. The number of piperidine rings is 1. The van der Waals surface area contributed by atoms with Gasteiger partial charge in [-0.3, -0.25) is 4.90 Å². The Hall–Kier alpha value is -2.53. The predicted molar refractivity (Wildman–Crippen MR) is 95.5 cm³/mol. The Balaban J connectivity index is 1.47. The molecule has 2 aliphatic rings. The summed E-state index contributed by atoms with van der Waals surface area (Å²) in [4.78, 5) is 14.9. The van der Waals surface area contributed by atoms with Gasteiger partial charge in [0.05, 0.1) is 5.60 Å². The van der Waals surface area contributed by atoms with E-state index in [1.807, 2.05) is 36.4 Å². The highest BCUT2D eigenvalue weighted by Crippen LogP contribution is 2.35. The molecule has 0 saturated carbocycles. The first-order valence-corrected chi connectivity index (χ1v) is 8.68. The lowest BCUT2D eigenvalue weighted by atomic mass is 9.84. The monoisotopic (exact) mass is 338 g/mol. The van der Waals surface area contributed by atoms with Crippen LogP contribution in [0.15, 0.2) is 48.5 Å². The van der Waals surface area contributed by atoms with Crippen LogP contribution in [0.5, 0.6) is 0 Å². The number of carbonyl (C=O) groups is 1. The molecule has 0 atom stereocenters. The van der Waals surface area contributed by atoms with Gasteiger partial charge in [0.2, 0.25) is 0 Å². The molecule has 4 rings (SSSR count). The number of amides is 1. The van der Waals surface area contributed by atoms with Crippen LogP contribution in [0.25, 0.3) is 0 Å². The van der Waals surface area contributed by atoms with Gasteiger partial charge in [-0.15, -0.1) is 0 Å². The number of hydrogen-bond acceptors (Lipinski definition) is 3. The summed E-state index contributed by atoms with van der Waals surface area (Å²) < 4.78 is 0. The molecule has 1 amide bonds. The molecule has 1 saturated heterocycles. The predicted octanol–water partition coefficient (Wildman–Crippen LogP) is 3.17. The second-order valence-corrected chi connectivity index (χ2v) is 6.98. The van der Waals surface area contributed by atoms with Gasteiger partial charge in [-0.1, -0.05) is 36.4 Å². The van der Waals surface area contributed by atoms with Gasteiger partial charge in [0.15, 0.2) is 0 Å². The number of anilines is 1. The molecule has 25 heavy (non-hydrogen) atoms. The van der Waals surface area contributed by atoms with Crippen LogP contribution < -0.4 is 4.90 Å². The average molecular weight is 338 g/mol. The highest BCUT2D eigenvalue weighted by atomic mass is 16.4. The molecule has 130 valence electrons. The zero-order chi connectivity index (χ0) is 17.4. The van der Waals surface area contributed by atoms with E-state index in [1.54, 1.807) is 0 Å². The van der Waals surface area contributed by atoms with Gasteiger partial charge in [-0.2, -0.15) is 0 Å². The standard InChI is InChI=1S/C20H22N2O3/c23-19(24)22-13-15-6-7-18(12-16(15)14-22)21-10-8-20(25,9-11-21)17-4-2-1-3-5-17/h1-7,12,25H,8-11,13-14H2,(H,23,24). The fourth-order valence-electron chi connectivity index (χ4n) is 3.88. The molecule has 2 heterocycles. The Labute approximate surface area is 147 Å². The maximum atomic E-state index is 11.2. The molecule has 0 aliphatic carbocycles. The van der Waals surface area contributed by atoms with Gasteiger partial charge in [0.25, 0.3) is 0 Å². The first-order valence-electron chi connectivity index (χ1n) is 8.68. The summed E-state index contributed by atoms with van der Waals surface area (Å²) in [6, 6.07) is 16.1. The average Bonchev–Trinajstić information content (AvgIpc) is 3.07. The molecule has 2 N–H and O–H groups in total. The van der Waals surface area contributed by atoms with Crippen molar-refractivity contribution in [3.05, 3.63) is 65.2 Å². The molecule has 0 radical (unpaired) electrons. The van der Waals surface area contributed by atoms with Gasteiger partial charge in [0, 0.05) is 31.9 Å². The van der Waals surface area contributed by atoms with E-state index in [0.717, 1.165) is 35.5 Å². The van der Waals surface area contributed by atoms with E-state index < -0.39 is 11.7 Å². The number of carboxylic acid groups (broad SMARTS) is 1. The van der Waals surface area contributed by atoms with Crippen LogP contribution in [0.3, 0.4) is 0 Å². The molecule has 0 aromatic heterocycles. The Bertz CT molecular complexity index is 783. The van der Waals surface area contributed by atoms with E-state index in [4.69, 9.17) is 5.11 Å². The lowest BCUT2D eigenvalue weighted by molar-refractivity contribution is 0.0118. The number of fused-ring (bicyclic) bond motifs is 1. The van der Waals surface area contributed by atoms with Gasteiger partial charge in [0.1, 0.15) is 0 Å². The minimum atomic E-state index is -0.872. The lowest BCUT2D eigenvalue weighted by Gasteiger charge is -2.39. The molecule has 5 heteroatoms. The quantitative estimate of drug-likeness (QED) is 0.883. The summed E-state index contributed by atoms with van der Waals surface area (Å²) in [5.74, 6) is 0. The van der Waals surface area contributed by atoms with E-state index in [0.29, 0.717) is 25.9 Å². The molecular formula is C20H22N2O3. The zero-order valence-corrected chi connectivity index (χ0v) is 14.1. The van der Waals surface area contributed by atoms with Crippen LogP contribution in [-0.4, -0.2) is 34.3 Å². The molecular weight excluding hydrogens is 316 g/mol. The number of rotatable bonds is 2. The molecule has 5 nitrogen and oxygen atoms in total. The topological polar surface area (TPSA) is 64.0 Å². The molecule has 2 aromatic rings. The van der Waals surface area contributed by atoms with Gasteiger partial charge in [-0.05, 0) is 41.7 Å². The minimum absolute atomic E-state index is 0.459. The summed E-state index contributed by atoms with van der Waals surface area (Å²) in [6.45, 7) is 2.50. The largest absolute Gasteiger partial charge is 0.465 e. The third kappa shape index (κ3) is 2.96. The van der Waals surface area contributed by atoms with Crippen molar-refractivity contribution < 1.29 is 15.0 Å². The SMILES string of the molecule is O=C(O)N1Cc2ccc(N3CCC(O)(c4ccccc4)CC3)cc2C1. The van der Waals surface area contributed by atoms with Crippen molar-refractivity contribution in [3.63, 3.8) is 0 Å². The number of aliphatic hydroxyl groups is 1. The third-order valence-electron chi connectivity index (χ3n) is 5.45. The maximum Gasteiger partial charge on any atom is 0.407 e. The van der Waals surface area contributed by atoms with Crippen molar-refractivity contribution in [2.45, 2.75) is 31.5 Å². The molecule has 2 aliphatic heterocycles. The van der Waals surface area contributed by atoms with Crippen LogP contribution >= 0.6 is 0 Å². The summed E-state index contributed by atoms with van der Waals surface area (Å²) in [5, 5.41) is 20.1. The summed E-state index contributed by atoms with van der Waals surface area (Å²) in [7, 11) is 0. The lowest BCUT2D eigenvalue weighted by Crippen LogP contribution is -2.42. The van der Waals surface area contributed by atoms with E-state index in [-0.39, 0.29) is 0 Å². The third-order valence-corrected chi connectivity index (χ3v) is 5.45. The summed E-state index contributed by atoms with van der Waals surface area (Å²) in [6.07, 6.45) is 0.508. The van der Waals surface area contributed by atoms with Crippen molar-refractivity contribution in [2.75, 3.05) is 18.0 Å². The number of hydrogen-bond donors (Lipinski definition) is 2. The van der Waals surface area contributed by atoms with Crippen LogP contribution in [0.4, 0.5) is 10.5 Å². The Morgan fingerprint density at radius 3 is 2.32 bits per heavy atom. The second-order valence-electron chi connectivity index (χ2n) is 6.98. The van der Waals surface area contributed by atoms with Crippen LogP contribution in [-0.2, 0) is 18.7 Å². The van der Waals surface area contributed by atoms with Crippen molar-refractivity contribution in [1.82, 2.24) is 4.90 Å². The normalized spacial score (nSPS) is 18.9. The van der Waals surface area contributed by atoms with E-state index >= 15 is 0 Å². The molecule has 0 unspecified atom stereocenters. The first kappa shape index (κ1) is 16.0. The van der Waals surface area contributed by atoms with Crippen LogP contribution in [0, 0.1) is 0 Å². The van der Waals surface area contributed by atoms with Gasteiger partial charge in [-0.25, -0.2) is 4.79 Å². The van der Waals surface area contributed by atoms with E-state index in [1.165, 1.54) is 4.90 Å². The fraction of sp³-hybridized carbons (Fsp3) is 0.350. The van der Waals surface area contributed by atoms with E-state index in [9.17, 15) is 9.90 Å². The van der Waals surface area contributed by atoms with E-state index in [2.05, 4.69) is 17.0 Å². The molecule has 0 spiro atoms. The maximum absolute atomic E-state index is 11.2.